The highest BCUT2D eigenvalue weighted by Crippen LogP contribution is 2.31. The van der Waals surface area contributed by atoms with Gasteiger partial charge in [-0.3, -0.25) is 19.4 Å². The third-order valence-electron chi connectivity index (χ3n) is 7.41. The van der Waals surface area contributed by atoms with E-state index in [1.54, 1.807) is 24.9 Å². The number of hydrogen-bond acceptors (Lipinski definition) is 7. The lowest BCUT2D eigenvalue weighted by Crippen LogP contribution is -2.30. The molecule has 0 spiro atoms. The van der Waals surface area contributed by atoms with Crippen molar-refractivity contribution < 1.29 is 4.79 Å². The first-order valence-corrected chi connectivity index (χ1v) is 13.4. The molecule has 4 N–H and O–H groups in total. The summed E-state index contributed by atoms with van der Waals surface area (Å²) in [7, 11) is 0. The van der Waals surface area contributed by atoms with Gasteiger partial charge in [-0.05, 0) is 68.6 Å². The molecule has 0 radical (unpaired) electrons. The first-order chi connectivity index (χ1) is 19.6. The van der Waals surface area contributed by atoms with Crippen molar-refractivity contribution in [3.8, 4) is 28.5 Å². The smallest absolute Gasteiger partial charge is 0.224 e. The minimum Gasteiger partial charge on any atom is -0.336 e. The molecule has 0 saturated carbocycles. The van der Waals surface area contributed by atoms with E-state index in [-0.39, 0.29) is 5.91 Å². The molecule has 0 atom stereocenters. The van der Waals surface area contributed by atoms with Crippen LogP contribution in [0.2, 0.25) is 0 Å². The van der Waals surface area contributed by atoms with Crippen LogP contribution in [0.1, 0.15) is 25.0 Å². The number of aryl methyl sites for hydroxylation is 1. The number of nitrogens with one attached hydrogen (secondary N) is 4. The van der Waals surface area contributed by atoms with Gasteiger partial charge in [-0.25, -0.2) is 15.0 Å². The zero-order valence-electron chi connectivity index (χ0n) is 22.0. The highest BCUT2D eigenvalue weighted by atomic mass is 16.1. The Morgan fingerprint density at radius 3 is 2.83 bits per heavy atom. The van der Waals surface area contributed by atoms with Crippen LogP contribution in [0.4, 0.5) is 5.69 Å². The molecule has 200 valence electrons. The average Bonchev–Trinajstić information content (AvgIpc) is 3.71. The van der Waals surface area contributed by atoms with Gasteiger partial charge in [0.25, 0.3) is 0 Å². The second kappa shape index (κ2) is 10.0. The number of carbonyl (C=O) groups is 1. The molecule has 7 rings (SSSR count). The number of pyridine rings is 2. The molecule has 1 amide bonds. The predicted octanol–water partition coefficient (Wildman–Crippen LogP) is 4.39. The lowest BCUT2D eigenvalue weighted by atomic mass is 9.94. The minimum atomic E-state index is 0.0306. The van der Waals surface area contributed by atoms with Gasteiger partial charge in [-0.15, -0.1) is 0 Å². The van der Waals surface area contributed by atoms with Gasteiger partial charge in [0.2, 0.25) is 5.91 Å². The Labute approximate surface area is 229 Å². The average molecular weight is 533 g/mol. The largest absolute Gasteiger partial charge is 0.336 e. The zero-order chi connectivity index (χ0) is 27.1. The summed E-state index contributed by atoms with van der Waals surface area (Å²) < 4.78 is 1.87. The van der Waals surface area contributed by atoms with Gasteiger partial charge in [-0.2, -0.15) is 5.10 Å². The molecule has 5 aromatic heterocycles. The van der Waals surface area contributed by atoms with Crippen LogP contribution >= 0.6 is 0 Å². The van der Waals surface area contributed by atoms with E-state index in [2.05, 4.69) is 46.8 Å². The maximum atomic E-state index is 12.7. The number of rotatable bonds is 6. The van der Waals surface area contributed by atoms with Crippen molar-refractivity contribution in [2.24, 2.45) is 5.92 Å². The Hall–Kier alpha value is -4.90. The van der Waals surface area contributed by atoms with Gasteiger partial charge in [0, 0.05) is 36.0 Å². The van der Waals surface area contributed by atoms with E-state index in [1.807, 2.05) is 42.0 Å². The van der Waals surface area contributed by atoms with E-state index >= 15 is 0 Å². The van der Waals surface area contributed by atoms with Crippen LogP contribution in [-0.4, -0.2) is 58.7 Å². The van der Waals surface area contributed by atoms with Crippen LogP contribution in [0.25, 0.3) is 50.4 Å². The van der Waals surface area contributed by atoms with Crippen LogP contribution in [0.3, 0.4) is 0 Å². The lowest BCUT2D eigenvalue weighted by Gasteiger charge is -2.21. The molecule has 40 heavy (non-hydrogen) atoms. The van der Waals surface area contributed by atoms with Crippen molar-refractivity contribution >= 4 is 33.5 Å². The van der Waals surface area contributed by atoms with Crippen molar-refractivity contribution in [2.75, 3.05) is 18.4 Å². The SMILES string of the molecule is Cc1cn(-c2nccc3[nH]c(-c4n[nH]c5ccc(-c6cncc(NC(=O)CC7CCNCC7)c6)cc45)nc23)cn1. The molecule has 0 aliphatic carbocycles. The number of anilines is 1. The fraction of sp³-hybridized carbons (Fsp3) is 0.241. The highest BCUT2D eigenvalue weighted by molar-refractivity contribution is 5.97. The van der Waals surface area contributed by atoms with E-state index in [0.29, 0.717) is 35.4 Å². The fourth-order valence-corrected chi connectivity index (χ4v) is 5.36. The number of aromatic nitrogens is 8. The number of H-pyrrole nitrogens is 2. The maximum absolute atomic E-state index is 12.7. The Bertz CT molecular complexity index is 1840. The second-order valence-corrected chi connectivity index (χ2v) is 10.3. The number of benzene rings is 1. The standard InChI is InChI=1S/C29H28N10O/c1-17-15-39(16-33-17)29-27-24(6-9-32-29)35-28(36-27)26-22-12-19(2-3-23(22)37-38-26)20-11-21(14-31-13-20)34-25(40)10-18-4-7-30-8-5-18/h2-3,6,9,11-16,18,30H,4-5,7-8,10H2,1H3,(H,34,40)(H,35,36)(H,37,38). The van der Waals surface area contributed by atoms with Gasteiger partial charge in [0.15, 0.2) is 11.6 Å². The maximum Gasteiger partial charge on any atom is 0.224 e. The third-order valence-corrected chi connectivity index (χ3v) is 7.41. The van der Waals surface area contributed by atoms with Crippen LogP contribution in [-0.2, 0) is 4.79 Å². The van der Waals surface area contributed by atoms with Gasteiger partial charge < -0.3 is 15.6 Å². The fourth-order valence-electron chi connectivity index (χ4n) is 5.36. The van der Waals surface area contributed by atoms with E-state index in [1.165, 1.54) is 0 Å². The molecule has 1 aromatic carbocycles. The lowest BCUT2D eigenvalue weighted by molar-refractivity contribution is -0.117. The van der Waals surface area contributed by atoms with Crippen LogP contribution < -0.4 is 10.6 Å². The molecule has 1 fully saturated rings. The molecule has 1 saturated heterocycles. The van der Waals surface area contributed by atoms with Crippen LogP contribution in [0, 0.1) is 12.8 Å². The molecular weight excluding hydrogens is 504 g/mol. The summed E-state index contributed by atoms with van der Waals surface area (Å²) in [6.07, 6.45) is 11.5. The number of carbonyl (C=O) groups excluding carboxylic acids is 1. The normalized spacial score (nSPS) is 14.2. The van der Waals surface area contributed by atoms with Crippen molar-refractivity contribution in [3.05, 3.63) is 67.1 Å². The van der Waals surface area contributed by atoms with Gasteiger partial charge >= 0.3 is 0 Å². The first kappa shape index (κ1) is 24.2. The number of nitrogens with zero attached hydrogens (tertiary/aromatic N) is 6. The van der Waals surface area contributed by atoms with Gasteiger partial charge in [-0.1, -0.05) is 6.07 Å². The third kappa shape index (κ3) is 4.60. The highest BCUT2D eigenvalue weighted by Gasteiger charge is 2.18. The summed E-state index contributed by atoms with van der Waals surface area (Å²) in [5.41, 5.74) is 6.65. The zero-order valence-corrected chi connectivity index (χ0v) is 22.0. The molecule has 6 aromatic rings. The number of amides is 1. The van der Waals surface area contributed by atoms with E-state index in [0.717, 1.165) is 64.7 Å². The number of hydrogen-bond donors (Lipinski definition) is 4. The summed E-state index contributed by atoms with van der Waals surface area (Å²) in [5, 5.41) is 15.0. The Balaban J connectivity index is 1.19. The van der Waals surface area contributed by atoms with Crippen LogP contribution in [0.5, 0.6) is 0 Å². The summed E-state index contributed by atoms with van der Waals surface area (Å²) >= 11 is 0. The molecule has 6 heterocycles. The number of aromatic amines is 2. The van der Waals surface area contributed by atoms with Gasteiger partial charge in [0.1, 0.15) is 17.5 Å². The quantitative estimate of drug-likeness (QED) is 0.249. The Kier molecular flexibility index (Phi) is 6.05. The molecule has 11 nitrogen and oxygen atoms in total. The molecule has 1 aliphatic heterocycles. The minimum absolute atomic E-state index is 0.0306. The number of piperidine rings is 1. The molecule has 11 heteroatoms. The van der Waals surface area contributed by atoms with Gasteiger partial charge in [0.05, 0.1) is 28.6 Å². The Morgan fingerprint density at radius 2 is 1.98 bits per heavy atom. The van der Waals surface area contributed by atoms with Crippen molar-refractivity contribution in [2.45, 2.75) is 26.2 Å². The van der Waals surface area contributed by atoms with E-state index in [4.69, 9.17) is 4.98 Å². The molecular formula is C29H28N10O. The number of imidazole rings is 2. The predicted molar refractivity (Wildman–Crippen MR) is 153 cm³/mol. The van der Waals surface area contributed by atoms with Crippen LogP contribution in [0.15, 0.2) is 61.4 Å². The van der Waals surface area contributed by atoms with E-state index < -0.39 is 0 Å². The summed E-state index contributed by atoms with van der Waals surface area (Å²) in [6, 6.07) is 9.94. The van der Waals surface area contributed by atoms with Crippen molar-refractivity contribution in [3.63, 3.8) is 0 Å². The summed E-state index contributed by atoms with van der Waals surface area (Å²) in [4.78, 5) is 34.2. The molecule has 0 bridgehead atoms. The molecule has 0 unspecified atom stereocenters. The first-order valence-electron chi connectivity index (χ1n) is 13.4. The monoisotopic (exact) mass is 532 g/mol. The number of fused-ring (bicyclic) bond motifs is 2. The molecule has 1 aliphatic rings. The Morgan fingerprint density at radius 1 is 1.07 bits per heavy atom. The van der Waals surface area contributed by atoms with E-state index in [9.17, 15) is 4.79 Å². The topological polar surface area (TPSA) is 142 Å². The van der Waals surface area contributed by atoms with Crippen molar-refractivity contribution in [1.29, 1.82) is 0 Å². The second-order valence-electron chi connectivity index (χ2n) is 10.3. The summed E-state index contributed by atoms with van der Waals surface area (Å²) in [6.45, 7) is 3.89. The van der Waals surface area contributed by atoms with Crippen molar-refractivity contribution in [1.82, 2.24) is 45.0 Å². The summed E-state index contributed by atoms with van der Waals surface area (Å²) in [5.74, 6) is 1.80.